The Kier molecular flexibility index (Phi) is 4.58. The van der Waals surface area contributed by atoms with Crippen LogP contribution in [0.15, 0.2) is 54.6 Å². The maximum Gasteiger partial charge on any atom is 0.325 e. The molecule has 2 aromatic carbocycles. The van der Waals surface area contributed by atoms with Gasteiger partial charge in [0.25, 0.3) is 0 Å². The number of esters is 1. The Hall–Kier alpha value is -3.22. The van der Waals surface area contributed by atoms with Crippen LogP contribution in [0.2, 0.25) is 0 Å². The van der Waals surface area contributed by atoms with Gasteiger partial charge in [-0.05, 0) is 42.7 Å². The quantitative estimate of drug-likeness (QED) is 0.614. The molecule has 1 saturated carbocycles. The first-order valence-electron chi connectivity index (χ1n) is 9.10. The predicted molar refractivity (Wildman–Crippen MR) is 103 cm³/mol. The molecule has 0 radical (unpaired) electrons. The molecule has 1 aromatic heterocycles. The normalized spacial score (nSPS) is 14.5. The zero-order valence-electron chi connectivity index (χ0n) is 15.8. The number of methoxy groups -OCH3 is 1. The summed E-state index contributed by atoms with van der Waals surface area (Å²) >= 11 is 0. The van der Waals surface area contributed by atoms with Crippen molar-refractivity contribution >= 4 is 17.6 Å². The van der Waals surface area contributed by atoms with E-state index in [1.165, 1.54) is 19.2 Å². The van der Waals surface area contributed by atoms with E-state index in [1.54, 1.807) is 17.0 Å². The summed E-state index contributed by atoms with van der Waals surface area (Å²) in [5.41, 5.74) is 1.58. The van der Waals surface area contributed by atoms with Crippen molar-refractivity contribution in [3.8, 4) is 0 Å². The van der Waals surface area contributed by atoms with Crippen molar-refractivity contribution in [1.29, 1.82) is 0 Å². The number of hydrogen-bond acceptors (Lipinski definition) is 5. The van der Waals surface area contributed by atoms with Gasteiger partial charge in [-0.15, -0.1) is 10.2 Å². The molecule has 0 N–H and O–H groups in total. The molecule has 144 valence electrons. The number of ether oxygens (including phenoxy) is 1. The van der Waals surface area contributed by atoms with Crippen molar-refractivity contribution in [2.45, 2.75) is 18.3 Å². The summed E-state index contributed by atoms with van der Waals surface area (Å²) in [5.74, 6) is 0.736. The molecule has 0 spiro atoms. The molecule has 3 aromatic rings. The van der Waals surface area contributed by atoms with Crippen molar-refractivity contribution in [3.05, 3.63) is 71.8 Å². The second-order valence-electron chi connectivity index (χ2n) is 6.97. The average molecular weight is 380 g/mol. The SMILES string of the molecule is COC(=O)CN(c1ccccc1)c1nnc(C2(c3ccc(F)cc3)CC2)n1C. The van der Waals surface area contributed by atoms with Gasteiger partial charge in [-0.2, -0.15) is 0 Å². The lowest BCUT2D eigenvalue weighted by Gasteiger charge is -2.23. The van der Waals surface area contributed by atoms with Crippen LogP contribution in [-0.4, -0.2) is 34.4 Å². The zero-order valence-corrected chi connectivity index (χ0v) is 15.8. The summed E-state index contributed by atoms with van der Waals surface area (Å²) in [6.07, 6.45) is 1.85. The lowest BCUT2D eigenvalue weighted by atomic mass is 9.95. The third kappa shape index (κ3) is 3.13. The van der Waals surface area contributed by atoms with E-state index in [1.807, 2.05) is 41.9 Å². The number of hydrogen-bond donors (Lipinski definition) is 0. The fraction of sp³-hybridized carbons (Fsp3) is 0.286. The molecule has 1 fully saturated rings. The van der Waals surface area contributed by atoms with E-state index in [4.69, 9.17) is 4.74 Å². The monoisotopic (exact) mass is 380 g/mol. The zero-order chi connectivity index (χ0) is 19.7. The predicted octanol–water partition coefficient (Wildman–Crippen LogP) is 3.35. The van der Waals surface area contributed by atoms with Crippen molar-refractivity contribution in [3.63, 3.8) is 0 Å². The van der Waals surface area contributed by atoms with Gasteiger partial charge in [0.15, 0.2) is 0 Å². The third-order valence-electron chi connectivity index (χ3n) is 5.25. The largest absolute Gasteiger partial charge is 0.468 e. The second kappa shape index (κ2) is 7.07. The first kappa shape index (κ1) is 18.2. The highest BCUT2D eigenvalue weighted by molar-refractivity contribution is 5.78. The summed E-state index contributed by atoms with van der Waals surface area (Å²) in [5, 5.41) is 8.84. The number of anilines is 2. The van der Waals surface area contributed by atoms with E-state index in [0.717, 1.165) is 29.9 Å². The Morgan fingerprint density at radius 1 is 1.14 bits per heavy atom. The first-order valence-corrected chi connectivity index (χ1v) is 9.10. The van der Waals surface area contributed by atoms with Crippen molar-refractivity contribution in [2.24, 2.45) is 7.05 Å². The number of halogens is 1. The van der Waals surface area contributed by atoms with E-state index >= 15 is 0 Å². The maximum absolute atomic E-state index is 13.3. The molecule has 1 aliphatic rings. The summed E-state index contributed by atoms with van der Waals surface area (Å²) in [7, 11) is 3.25. The van der Waals surface area contributed by atoms with Crippen molar-refractivity contribution in [2.75, 3.05) is 18.6 Å². The molecule has 0 atom stereocenters. The average Bonchev–Trinajstić information content (AvgIpc) is 3.43. The molecular weight excluding hydrogens is 359 g/mol. The van der Waals surface area contributed by atoms with E-state index in [2.05, 4.69) is 10.2 Å². The molecule has 0 saturated heterocycles. The lowest BCUT2D eigenvalue weighted by Crippen LogP contribution is -2.29. The summed E-state index contributed by atoms with van der Waals surface area (Å²) in [6, 6.07) is 16.1. The number of nitrogens with zero attached hydrogens (tertiary/aromatic N) is 4. The van der Waals surface area contributed by atoms with E-state index in [-0.39, 0.29) is 23.7 Å². The number of rotatable bonds is 6. The minimum Gasteiger partial charge on any atom is -0.468 e. The number of carbonyl (C=O) groups excluding carboxylic acids is 1. The van der Waals surface area contributed by atoms with Gasteiger partial charge >= 0.3 is 5.97 Å². The van der Waals surface area contributed by atoms with Gasteiger partial charge in [0.2, 0.25) is 5.95 Å². The molecule has 28 heavy (non-hydrogen) atoms. The van der Waals surface area contributed by atoms with Gasteiger partial charge in [0.05, 0.1) is 12.5 Å². The highest BCUT2D eigenvalue weighted by atomic mass is 19.1. The summed E-state index contributed by atoms with van der Waals surface area (Å²) in [4.78, 5) is 13.8. The van der Waals surface area contributed by atoms with Gasteiger partial charge in [0, 0.05) is 12.7 Å². The van der Waals surface area contributed by atoms with Crippen molar-refractivity contribution in [1.82, 2.24) is 14.8 Å². The van der Waals surface area contributed by atoms with Gasteiger partial charge in [-0.25, -0.2) is 4.39 Å². The van der Waals surface area contributed by atoms with Crippen LogP contribution >= 0.6 is 0 Å². The number of benzene rings is 2. The van der Waals surface area contributed by atoms with Crippen LogP contribution in [-0.2, 0) is 22.0 Å². The van der Waals surface area contributed by atoms with Crippen LogP contribution in [0.5, 0.6) is 0 Å². The molecule has 7 heteroatoms. The molecule has 0 amide bonds. The highest BCUT2D eigenvalue weighted by Gasteiger charge is 2.50. The lowest BCUT2D eigenvalue weighted by molar-refractivity contribution is -0.138. The van der Waals surface area contributed by atoms with Gasteiger partial charge in [-0.3, -0.25) is 14.3 Å². The van der Waals surface area contributed by atoms with Crippen LogP contribution < -0.4 is 4.90 Å². The highest BCUT2D eigenvalue weighted by Crippen LogP contribution is 2.53. The Morgan fingerprint density at radius 2 is 1.82 bits per heavy atom. The van der Waals surface area contributed by atoms with Crippen LogP contribution in [0, 0.1) is 5.82 Å². The van der Waals surface area contributed by atoms with Gasteiger partial charge in [-0.1, -0.05) is 30.3 Å². The Bertz CT molecular complexity index is 981. The van der Waals surface area contributed by atoms with Crippen LogP contribution in [0.25, 0.3) is 0 Å². The fourth-order valence-corrected chi connectivity index (χ4v) is 3.59. The topological polar surface area (TPSA) is 60.2 Å². The Balaban J connectivity index is 1.73. The summed E-state index contributed by atoms with van der Waals surface area (Å²) in [6.45, 7) is 0.0238. The molecule has 1 heterocycles. The minimum atomic E-state index is -0.368. The Labute approximate surface area is 162 Å². The smallest absolute Gasteiger partial charge is 0.325 e. The molecule has 1 aliphatic carbocycles. The Morgan fingerprint density at radius 3 is 2.43 bits per heavy atom. The molecular formula is C21H21FN4O2. The third-order valence-corrected chi connectivity index (χ3v) is 5.25. The van der Waals surface area contributed by atoms with Crippen LogP contribution in [0.3, 0.4) is 0 Å². The molecule has 0 unspecified atom stereocenters. The second-order valence-corrected chi connectivity index (χ2v) is 6.97. The first-order chi connectivity index (χ1) is 13.5. The van der Waals surface area contributed by atoms with Crippen LogP contribution in [0.4, 0.5) is 16.0 Å². The van der Waals surface area contributed by atoms with E-state index in [0.29, 0.717) is 5.95 Å². The number of para-hydroxylation sites is 1. The number of aromatic nitrogens is 3. The summed E-state index contributed by atoms with van der Waals surface area (Å²) < 4.78 is 20.1. The van der Waals surface area contributed by atoms with Crippen molar-refractivity contribution < 1.29 is 13.9 Å². The standard InChI is InChI=1S/C21H21FN4O2/c1-25-19(21(12-13-21)15-8-10-16(22)11-9-15)23-24-20(25)26(14-18(27)28-2)17-6-4-3-5-7-17/h3-11H,12-14H2,1-2H3. The fourth-order valence-electron chi connectivity index (χ4n) is 3.59. The van der Waals surface area contributed by atoms with E-state index < -0.39 is 0 Å². The van der Waals surface area contributed by atoms with Gasteiger partial charge < -0.3 is 4.74 Å². The molecule has 6 nitrogen and oxygen atoms in total. The number of carbonyl (C=O) groups is 1. The van der Waals surface area contributed by atoms with E-state index in [9.17, 15) is 9.18 Å². The minimum absolute atomic E-state index is 0.0238. The molecule has 0 aliphatic heterocycles. The van der Waals surface area contributed by atoms with Crippen LogP contribution in [0.1, 0.15) is 24.2 Å². The maximum atomic E-state index is 13.3. The van der Waals surface area contributed by atoms with Gasteiger partial charge in [0.1, 0.15) is 18.2 Å². The molecule has 4 rings (SSSR count). The molecule has 0 bridgehead atoms.